The molecule has 1 aromatic heterocycles. The summed E-state index contributed by atoms with van der Waals surface area (Å²) < 4.78 is 0. The predicted molar refractivity (Wildman–Crippen MR) is 78.2 cm³/mol. The highest BCUT2D eigenvalue weighted by Gasteiger charge is 2.20. The number of nitrogens with zero attached hydrogens (tertiary/aromatic N) is 1. The molecule has 1 fully saturated rings. The molecule has 2 heterocycles. The van der Waals surface area contributed by atoms with Gasteiger partial charge in [-0.3, -0.25) is 9.89 Å². The number of benzene rings is 1. The van der Waals surface area contributed by atoms with Gasteiger partial charge in [0.25, 0.3) is 0 Å². The highest BCUT2D eigenvalue weighted by Crippen LogP contribution is 2.20. The van der Waals surface area contributed by atoms with Gasteiger partial charge in [-0.2, -0.15) is 5.10 Å². The predicted octanol–water partition coefficient (Wildman–Crippen LogP) is 2.01. The second-order valence-electron chi connectivity index (χ2n) is 5.06. The van der Waals surface area contributed by atoms with E-state index in [1.54, 1.807) is 6.20 Å². The fourth-order valence-corrected chi connectivity index (χ4v) is 2.48. The first kappa shape index (κ1) is 12.9. The van der Waals surface area contributed by atoms with Gasteiger partial charge in [-0.05, 0) is 49.7 Å². The van der Waals surface area contributed by atoms with E-state index in [2.05, 4.69) is 20.8 Å². The summed E-state index contributed by atoms with van der Waals surface area (Å²) in [6, 6.07) is 9.73. The second kappa shape index (κ2) is 5.88. The lowest BCUT2D eigenvalue weighted by atomic mass is 9.97. The molecule has 0 radical (unpaired) electrons. The Balaban J connectivity index is 1.64. The van der Waals surface area contributed by atoms with Gasteiger partial charge in [0.15, 0.2) is 0 Å². The minimum absolute atomic E-state index is 0.126. The molecule has 3 rings (SSSR count). The fraction of sp³-hybridized carbons (Fsp3) is 0.333. The van der Waals surface area contributed by atoms with E-state index >= 15 is 0 Å². The third kappa shape index (κ3) is 2.88. The summed E-state index contributed by atoms with van der Waals surface area (Å²) in [6.45, 7) is 1.85. The average Bonchev–Trinajstić information content (AvgIpc) is 3.03. The van der Waals surface area contributed by atoms with Gasteiger partial charge in [-0.15, -0.1) is 0 Å². The molecule has 3 N–H and O–H groups in total. The quantitative estimate of drug-likeness (QED) is 0.799. The smallest absolute Gasteiger partial charge is 0.227 e. The van der Waals surface area contributed by atoms with Crippen LogP contribution in [0.5, 0.6) is 0 Å². The molecule has 0 saturated carbocycles. The molecular weight excluding hydrogens is 252 g/mol. The van der Waals surface area contributed by atoms with Gasteiger partial charge in [0.2, 0.25) is 5.91 Å². The third-order valence-electron chi connectivity index (χ3n) is 3.67. The number of hydrogen-bond donors (Lipinski definition) is 3. The van der Waals surface area contributed by atoms with Gasteiger partial charge < -0.3 is 10.6 Å². The van der Waals surface area contributed by atoms with E-state index in [0.717, 1.165) is 42.9 Å². The number of anilines is 1. The Bertz CT molecular complexity index is 556. The maximum Gasteiger partial charge on any atom is 0.227 e. The summed E-state index contributed by atoms with van der Waals surface area (Å²) in [5, 5.41) is 13.1. The first-order valence-electron chi connectivity index (χ1n) is 6.94. The minimum Gasteiger partial charge on any atom is -0.326 e. The van der Waals surface area contributed by atoms with Crippen molar-refractivity contribution >= 4 is 11.6 Å². The largest absolute Gasteiger partial charge is 0.326 e. The summed E-state index contributed by atoms with van der Waals surface area (Å²) in [5.41, 5.74) is 2.88. The summed E-state index contributed by atoms with van der Waals surface area (Å²) >= 11 is 0. The van der Waals surface area contributed by atoms with Crippen molar-refractivity contribution in [3.8, 4) is 11.3 Å². The van der Waals surface area contributed by atoms with Crippen LogP contribution in [0.4, 0.5) is 5.69 Å². The third-order valence-corrected chi connectivity index (χ3v) is 3.67. The van der Waals surface area contributed by atoms with Crippen molar-refractivity contribution in [1.82, 2.24) is 15.5 Å². The first-order chi connectivity index (χ1) is 9.83. The molecule has 1 aliphatic heterocycles. The number of piperidine rings is 1. The van der Waals surface area contributed by atoms with Crippen LogP contribution in [0.3, 0.4) is 0 Å². The number of aromatic nitrogens is 2. The number of rotatable bonds is 3. The van der Waals surface area contributed by atoms with E-state index in [0.29, 0.717) is 0 Å². The van der Waals surface area contributed by atoms with E-state index in [-0.39, 0.29) is 11.8 Å². The summed E-state index contributed by atoms with van der Waals surface area (Å²) in [5.74, 6) is 0.254. The number of hydrogen-bond acceptors (Lipinski definition) is 3. The Labute approximate surface area is 117 Å². The SMILES string of the molecule is O=C(Nc1ccc(-c2ccn[nH]2)cc1)C1CCNCC1. The van der Waals surface area contributed by atoms with Crippen molar-refractivity contribution in [3.63, 3.8) is 0 Å². The van der Waals surface area contributed by atoms with Gasteiger partial charge in [0.1, 0.15) is 0 Å². The number of aromatic amines is 1. The summed E-state index contributed by atoms with van der Waals surface area (Å²) in [7, 11) is 0. The molecule has 0 bridgehead atoms. The standard InChI is InChI=1S/C15H18N4O/c20-15(12-5-8-16-9-6-12)18-13-3-1-11(2-4-13)14-7-10-17-19-14/h1-4,7,10,12,16H,5-6,8-9H2,(H,17,19)(H,18,20). The summed E-state index contributed by atoms with van der Waals surface area (Å²) in [4.78, 5) is 12.1. The highest BCUT2D eigenvalue weighted by molar-refractivity contribution is 5.92. The molecule has 0 atom stereocenters. The maximum atomic E-state index is 12.1. The van der Waals surface area contributed by atoms with E-state index in [4.69, 9.17) is 0 Å². The molecule has 104 valence electrons. The van der Waals surface area contributed by atoms with Crippen LogP contribution >= 0.6 is 0 Å². The van der Waals surface area contributed by atoms with Crippen LogP contribution in [0.1, 0.15) is 12.8 Å². The molecular formula is C15H18N4O. The first-order valence-corrected chi connectivity index (χ1v) is 6.94. The zero-order valence-corrected chi connectivity index (χ0v) is 11.2. The molecule has 1 amide bonds. The normalized spacial score (nSPS) is 16.0. The lowest BCUT2D eigenvalue weighted by Crippen LogP contribution is -2.34. The van der Waals surface area contributed by atoms with Gasteiger partial charge in [0.05, 0.1) is 5.69 Å². The van der Waals surface area contributed by atoms with E-state index in [1.165, 1.54) is 0 Å². The monoisotopic (exact) mass is 270 g/mol. The molecule has 5 nitrogen and oxygen atoms in total. The Hall–Kier alpha value is -2.14. The molecule has 0 aliphatic carbocycles. The van der Waals surface area contributed by atoms with E-state index in [1.807, 2.05) is 30.3 Å². The molecule has 0 unspecified atom stereocenters. The number of carbonyl (C=O) groups is 1. The zero-order chi connectivity index (χ0) is 13.8. The molecule has 1 aliphatic rings. The van der Waals surface area contributed by atoms with E-state index in [9.17, 15) is 4.79 Å². The zero-order valence-electron chi connectivity index (χ0n) is 11.2. The van der Waals surface area contributed by atoms with Crippen molar-refractivity contribution in [3.05, 3.63) is 36.5 Å². The topological polar surface area (TPSA) is 69.8 Å². The van der Waals surface area contributed by atoms with Crippen molar-refractivity contribution in [1.29, 1.82) is 0 Å². The van der Waals surface area contributed by atoms with Gasteiger partial charge in [-0.1, -0.05) is 12.1 Å². The van der Waals surface area contributed by atoms with Gasteiger partial charge >= 0.3 is 0 Å². The van der Waals surface area contributed by atoms with Crippen LogP contribution in [-0.2, 0) is 4.79 Å². The Morgan fingerprint density at radius 2 is 1.90 bits per heavy atom. The van der Waals surface area contributed by atoms with E-state index < -0.39 is 0 Å². The number of amides is 1. The van der Waals surface area contributed by atoms with Crippen LogP contribution < -0.4 is 10.6 Å². The van der Waals surface area contributed by atoms with Crippen LogP contribution in [0.25, 0.3) is 11.3 Å². The molecule has 5 heteroatoms. The second-order valence-corrected chi connectivity index (χ2v) is 5.06. The Morgan fingerprint density at radius 3 is 2.55 bits per heavy atom. The molecule has 1 saturated heterocycles. The molecule has 1 aromatic carbocycles. The van der Waals surface area contributed by atoms with Crippen molar-refractivity contribution < 1.29 is 4.79 Å². The van der Waals surface area contributed by atoms with Gasteiger partial charge in [0, 0.05) is 17.8 Å². The van der Waals surface area contributed by atoms with Crippen LogP contribution in [0.2, 0.25) is 0 Å². The number of nitrogens with one attached hydrogen (secondary N) is 3. The van der Waals surface area contributed by atoms with Crippen molar-refractivity contribution in [2.24, 2.45) is 5.92 Å². The van der Waals surface area contributed by atoms with Crippen molar-refractivity contribution in [2.45, 2.75) is 12.8 Å². The maximum absolute atomic E-state index is 12.1. The number of carbonyl (C=O) groups excluding carboxylic acids is 1. The van der Waals surface area contributed by atoms with Crippen LogP contribution in [0.15, 0.2) is 36.5 Å². The Kier molecular flexibility index (Phi) is 3.78. The fourth-order valence-electron chi connectivity index (χ4n) is 2.48. The minimum atomic E-state index is 0.126. The lowest BCUT2D eigenvalue weighted by Gasteiger charge is -2.21. The summed E-state index contributed by atoms with van der Waals surface area (Å²) in [6.07, 6.45) is 3.55. The molecule has 20 heavy (non-hydrogen) atoms. The Morgan fingerprint density at radius 1 is 1.15 bits per heavy atom. The van der Waals surface area contributed by atoms with Gasteiger partial charge in [-0.25, -0.2) is 0 Å². The van der Waals surface area contributed by atoms with Crippen molar-refractivity contribution in [2.75, 3.05) is 18.4 Å². The molecule has 0 spiro atoms. The number of H-pyrrole nitrogens is 1. The van der Waals surface area contributed by atoms with Crippen LogP contribution in [-0.4, -0.2) is 29.2 Å². The van der Waals surface area contributed by atoms with Crippen LogP contribution in [0, 0.1) is 5.92 Å². The lowest BCUT2D eigenvalue weighted by molar-refractivity contribution is -0.120. The molecule has 2 aromatic rings. The highest BCUT2D eigenvalue weighted by atomic mass is 16.1. The average molecular weight is 270 g/mol.